The van der Waals surface area contributed by atoms with Crippen molar-refractivity contribution in [3.05, 3.63) is 52.5 Å². The quantitative estimate of drug-likeness (QED) is 0.555. The van der Waals surface area contributed by atoms with Crippen molar-refractivity contribution in [2.24, 2.45) is 0 Å². The Morgan fingerprint density at radius 1 is 1.09 bits per heavy atom. The van der Waals surface area contributed by atoms with Crippen LogP contribution in [0.25, 0.3) is 11.4 Å². The molecule has 2 heterocycles. The summed E-state index contributed by atoms with van der Waals surface area (Å²) < 4.78 is 32.4. The Morgan fingerprint density at radius 2 is 1.81 bits per heavy atom. The predicted octanol–water partition coefficient (Wildman–Crippen LogP) is 2.31. The summed E-state index contributed by atoms with van der Waals surface area (Å²) in [5.74, 6) is -0.109. The number of carbonyl (C=O) groups is 1. The van der Waals surface area contributed by atoms with Gasteiger partial charge in [-0.2, -0.15) is 9.10 Å². The van der Waals surface area contributed by atoms with E-state index >= 15 is 0 Å². The van der Waals surface area contributed by atoms with Gasteiger partial charge in [0, 0.05) is 29.4 Å². The SMILES string of the molecule is O=C(Cn1nnc(-c2ccc(Cl)cc2)n1)Nc1ccc(Cl)c(S(=O)(=O)N2CCOCC2)c1. The van der Waals surface area contributed by atoms with Crippen molar-refractivity contribution in [2.45, 2.75) is 11.4 Å². The summed E-state index contributed by atoms with van der Waals surface area (Å²) >= 11 is 12.0. The number of aromatic nitrogens is 4. The Hall–Kier alpha value is -2.57. The van der Waals surface area contributed by atoms with E-state index in [-0.39, 0.29) is 35.2 Å². The van der Waals surface area contributed by atoms with Gasteiger partial charge in [0.25, 0.3) is 0 Å². The smallest absolute Gasteiger partial charge is 0.248 e. The van der Waals surface area contributed by atoms with Gasteiger partial charge >= 0.3 is 0 Å². The average molecular weight is 497 g/mol. The third-order valence-corrected chi connectivity index (χ3v) is 7.28. The van der Waals surface area contributed by atoms with Crippen molar-refractivity contribution >= 4 is 44.8 Å². The number of hydrogen-bond acceptors (Lipinski definition) is 7. The number of ether oxygens (including phenoxy) is 1. The first-order valence-corrected chi connectivity index (χ1v) is 11.7. The first kappa shape index (κ1) is 22.6. The monoisotopic (exact) mass is 496 g/mol. The maximum absolute atomic E-state index is 12.9. The molecule has 0 spiro atoms. The normalized spacial score (nSPS) is 14.9. The molecule has 2 aromatic carbocycles. The van der Waals surface area contributed by atoms with Crippen LogP contribution in [0.1, 0.15) is 0 Å². The molecule has 168 valence electrons. The highest BCUT2D eigenvalue weighted by molar-refractivity contribution is 7.89. The zero-order valence-corrected chi connectivity index (χ0v) is 18.9. The van der Waals surface area contributed by atoms with E-state index in [2.05, 4.69) is 20.7 Å². The highest BCUT2D eigenvalue weighted by Crippen LogP contribution is 2.28. The minimum Gasteiger partial charge on any atom is -0.379 e. The number of anilines is 1. The maximum Gasteiger partial charge on any atom is 0.248 e. The second-order valence-electron chi connectivity index (χ2n) is 6.86. The first-order chi connectivity index (χ1) is 15.3. The molecule has 1 amide bonds. The number of morpholine rings is 1. The predicted molar refractivity (Wildman–Crippen MR) is 118 cm³/mol. The number of carbonyl (C=O) groups excluding carboxylic acids is 1. The zero-order chi connectivity index (χ0) is 22.7. The van der Waals surface area contributed by atoms with Crippen molar-refractivity contribution in [2.75, 3.05) is 31.6 Å². The highest BCUT2D eigenvalue weighted by Gasteiger charge is 2.28. The van der Waals surface area contributed by atoms with Crippen LogP contribution in [-0.4, -0.2) is 65.1 Å². The van der Waals surface area contributed by atoms with Gasteiger partial charge in [0.15, 0.2) is 0 Å². The van der Waals surface area contributed by atoms with Crippen molar-refractivity contribution in [3.63, 3.8) is 0 Å². The van der Waals surface area contributed by atoms with Gasteiger partial charge < -0.3 is 10.1 Å². The number of rotatable bonds is 6. The molecule has 32 heavy (non-hydrogen) atoms. The van der Waals surface area contributed by atoms with Crippen LogP contribution in [0, 0.1) is 0 Å². The van der Waals surface area contributed by atoms with Crippen LogP contribution in [0.15, 0.2) is 47.4 Å². The van der Waals surface area contributed by atoms with Crippen LogP contribution < -0.4 is 5.32 Å². The van der Waals surface area contributed by atoms with Gasteiger partial charge in [-0.25, -0.2) is 8.42 Å². The van der Waals surface area contributed by atoms with Crippen LogP contribution in [0.4, 0.5) is 5.69 Å². The second-order valence-corrected chi connectivity index (χ2v) is 9.61. The molecule has 1 fully saturated rings. The van der Waals surface area contributed by atoms with E-state index in [4.69, 9.17) is 27.9 Å². The molecule has 1 N–H and O–H groups in total. The summed E-state index contributed by atoms with van der Waals surface area (Å²) in [5.41, 5.74) is 0.987. The summed E-state index contributed by atoms with van der Waals surface area (Å²) in [6, 6.07) is 11.2. The number of sulfonamides is 1. The van der Waals surface area contributed by atoms with Gasteiger partial charge in [-0.3, -0.25) is 4.79 Å². The number of benzene rings is 2. The number of hydrogen-bond donors (Lipinski definition) is 1. The minimum absolute atomic E-state index is 0.0695. The van der Waals surface area contributed by atoms with E-state index in [1.54, 1.807) is 24.3 Å². The van der Waals surface area contributed by atoms with E-state index in [1.807, 2.05) is 0 Å². The number of amides is 1. The third kappa shape index (κ3) is 5.08. The molecule has 0 atom stereocenters. The van der Waals surface area contributed by atoms with Crippen LogP contribution in [0.5, 0.6) is 0 Å². The molecule has 1 aliphatic heterocycles. The van der Waals surface area contributed by atoms with E-state index in [9.17, 15) is 13.2 Å². The summed E-state index contributed by atoms with van der Waals surface area (Å²) in [7, 11) is -3.82. The molecule has 0 aliphatic carbocycles. The van der Waals surface area contributed by atoms with Crippen LogP contribution >= 0.6 is 23.2 Å². The fourth-order valence-corrected chi connectivity index (χ4v) is 5.09. The number of nitrogens with zero attached hydrogens (tertiary/aromatic N) is 5. The zero-order valence-electron chi connectivity index (χ0n) is 16.6. The molecule has 1 aromatic heterocycles. The van der Waals surface area contributed by atoms with E-state index < -0.39 is 15.9 Å². The Balaban J connectivity index is 1.46. The molecule has 13 heteroatoms. The Bertz CT molecular complexity index is 1230. The molecule has 1 aliphatic rings. The summed E-state index contributed by atoms with van der Waals surface area (Å²) in [5, 5.41) is 15.3. The van der Waals surface area contributed by atoms with E-state index in [0.29, 0.717) is 29.6 Å². The van der Waals surface area contributed by atoms with Crippen molar-refractivity contribution < 1.29 is 17.9 Å². The summed E-state index contributed by atoms with van der Waals surface area (Å²) in [6.45, 7) is 0.896. The lowest BCUT2D eigenvalue weighted by Crippen LogP contribution is -2.40. The molecule has 10 nitrogen and oxygen atoms in total. The van der Waals surface area contributed by atoms with Crippen LogP contribution in [0.3, 0.4) is 0 Å². The lowest BCUT2D eigenvalue weighted by Gasteiger charge is -2.26. The van der Waals surface area contributed by atoms with Crippen molar-refractivity contribution in [3.8, 4) is 11.4 Å². The highest BCUT2D eigenvalue weighted by atomic mass is 35.5. The van der Waals surface area contributed by atoms with Crippen LogP contribution in [0.2, 0.25) is 10.0 Å². The fourth-order valence-electron chi connectivity index (χ4n) is 3.06. The lowest BCUT2D eigenvalue weighted by atomic mass is 10.2. The van der Waals surface area contributed by atoms with E-state index in [0.717, 1.165) is 4.80 Å². The van der Waals surface area contributed by atoms with Gasteiger partial charge in [-0.1, -0.05) is 23.2 Å². The second kappa shape index (κ2) is 9.51. The molecule has 1 saturated heterocycles. The molecule has 0 saturated carbocycles. The maximum atomic E-state index is 12.9. The van der Waals surface area contributed by atoms with Crippen molar-refractivity contribution in [1.29, 1.82) is 0 Å². The summed E-state index contributed by atoms with van der Waals surface area (Å²) in [6.07, 6.45) is 0. The average Bonchev–Trinajstić information content (AvgIpc) is 3.24. The lowest BCUT2D eigenvalue weighted by molar-refractivity contribution is -0.117. The summed E-state index contributed by atoms with van der Waals surface area (Å²) in [4.78, 5) is 13.5. The first-order valence-electron chi connectivity index (χ1n) is 9.54. The largest absolute Gasteiger partial charge is 0.379 e. The Kier molecular flexibility index (Phi) is 6.72. The fraction of sp³-hybridized carbons (Fsp3) is 0.263. The molecular weight excluding hydrogens is 479 g/mol. The standard InChI is InChI=1S/C19H18Cl2N6O4S/c20-14-3-1-13(2-4-14)19-23-25-27(24-19)12-18(28)22-15-5-6-16(21)17(11-15)32(29,30)26-7-9-31-10-8-26/h1-6,11H,7-10,12H2,(H,22,28). The van der Waals surface area contributed by atoms with Gasteiger partial charge in [0.1, 0.15) is 11.4 Å². The van der Waals surface area contributed by atoms with E-state index in [1.165, 1.54) is 22.5 Å². The van der Waals surface area contributed by atoms with Gasteiger partial charge in [0.2, 0.25) is 21.8 Å². The number of tetrazole rings is 1. The minimum atomic E-state index is -3.82. The number of nitrogens with one attached hydrogen (secondary N) is 1. The van der Waals surface area contributed by atoms with Gasteiger partial charge in [-0.05, 0) is 47.7 Å². The van der Waals surface area contributed by atoms with Crippen molar-refractivity contribution in [1.82, 2.24) is 24.5 Å². The Labute approximate surface area is 194 Å². The molecular formula is C19H18Cl2N6O4S. The van der Waals surface area contributed by atoms with Gasteiger partial charge in [0.05, 0.1) is 18.2 Å². The molecule has 0 bridgehead atoms. The molecule has 0 radical (unpaired) electrons. The third-order valence-electron chi connectivity index (χ3n) is 4.64. The van der Waals surface area contributed by atoms with Crippen LogP contribution in [-0.2, 0) is 26.1 Å². The molecule has 4 rings (SSSR count). The molecule has 3 aromatic rings. The Morgan fingerprint density at radius 3 is 2.53 bits per heavy atom. The molecule has 0 unspecified atom stereocenters. The topological polar surface area (TPSA) is 119 Å². The van der Waals surface area contributed by atoms with Gasteiger partial charge in [-0.15, -0.1) is 10.2 Å². The number of halogens is 2.